The lowest BCUT2D eigenvalue weighted by Crippen LogP contribution is -2.08. The van der Waals surface area contributed by atoms with Gasteiger partial charge in [0.25, 0.3) is 5.92 Å². The van der Waals surface area contributed by atoms with Gasteiger partial charge in [-0.25, -0.2) is 27.2 Å². The molecule has 0 N–H and O–H groups in total. The van der Waals surface area contributed by atoms with Crippen molar-refractivity contribution in [2.75, 3.05) is 6.26 Å². The first kappa shape index (κ1) is 17.5. The summed E-state index contributed by atoms with van der Waals surface area (Å²) >= 11 is 0. The number of aromatic nitrogens is 3. The van der Waals surface area contributed by atoms with Crippen molar-refractivity contribution >= 4 is 9.84 Å². The SMILES string of the molecule is CS(=O)(=O)c1cc(-c2cncc(OC(F)F)c2)nc(C2CC2(F)F)n1. The van der Waals surface area contributed by atoms with Crippen LogP contribution in [0.4, 0.5) is 17.6 Å². The van der Waals surface area contributed by atoms with Crippen molar-refractivity contribution < 1.29 is 30.7 Å². The summed E-state index contributed by atoms with van der Waals surface area (Å²) in [6, 6.07) is 2.23. The van der Waals surface area contributed by atoms with Gasteiger partial charge in [0.2, 0.25) is 0 Å². The minimum atomic E-state index is -3.80. The van der Waals surface area contributed by atoms with Gasteiger partial charge in [0, 0.05) is 30.5 Å². The van der Waals surface area contributed by atoms with E-state index in [1.165, 1.54) is 6.20 Å². The first-order chi connectivity index (χ1) is 11.6. The molecule has 1 unspecified atom stereocenters. The van der Waals surface area contributed by atoms with E-state index in [0.29, 0.717) is 0 Å². The fraction of sp³-hybridized carbons (Fsp3) is 0.357. The molecular weight excluding hydrogens is 366 g/mol. The Kier molecular flexibility index (Phi) is 4.13. The maximum Gasteiger partial charge on any atom is 0.387 e. The third kappa shape index (κ3) is 3.86. The summed E-state index contributed by atoms with van der Waals surface area (Å²) in [4.78, 5) is 11.4. The predicted molar refractivity (Wildman–Crippen MR) is 77.3 cm³/mol. The van der Waals surface area contributed by atoms with Crippen molar-refractivity contribution in [1.82, 2.24) is 15.0 Å². The van der Waals surface area contributed by atoms with Crippen molar-refractivity contribution in [1.29, 1.82) is 0 Å². The number of rotatable bonds is 5. The van der Waals surface area contributed by atoms with E-state index in [0.717, 1.165) is 24.6 Å². The van der Waals surface area contributed by atoms with Gasteiger partial charge in [-0.2, -0.15) is 8.78 Å². The lowest BCUT2D eigenvalue weighted by Gasteiger charge is -2.09. The summed E-state index contributed by atoms with van der Waals surface area (Å²) in [6.45, 7) is -3.07. The highest BCUT2D eigenvalue weighted by atomic mass is 32.2. The molecular formula is C14H11F4N3O3S. The van der Waals surface area contributed by atoms with Gasteiger partial charge in [0.05, 0.1) is 17.8 Å². The average Bonchev–Trinajstić information content (AvgIpc) is 3.14. The van der Waals surface area contributed by atoms with Crippen LogP contribution < -0.4 is 4.74 Å². The Morgan fingerprint density at radius 3 is 2.48 bits per heavy atom. The molecule has 25 heavy (non-hydrogen) atoms. The number of pyridine rings is 1. The summed E-state index contributed by atoms with van der Waals surface area (Å²) in [5.74, 6) is -4.86. The van der Waals surface area contributed by atoms with Crippen molar-refractivity contribution in [2.24, 2.45) is 0 Å². The van der Waals surface area contributed by atoms with Gasteiger partial charge in [-0.3, -0.25) is 4.98 Å². The van der Waals surface area contributed by atoms with Crippen LogP contribution in [-0.2, 0) is 9.84 Å². The molecule has 6 nitrogen and oxygen atoms in total. The average molecular weight is 377 g/mol. The van der Waals surface area contributed by atoms with Gasteiger partial charge in [0.15, 0.2) is 14.9 Å². The van der Waals surface area contributed by atoms with E-state index in [4.69, 9.17) is 0 Å². The number of ether oxygens (including phenoxy) is 1. The number of sulfone groups is 1. The van der Waals surface area contributed by atoms with Crippen LogP contribution >= 0.6 is 0 Å². The fourth-order valence-corrected chi connectivity index (χ4v) is 2.74. The quantitative estimate of drug-likeness (QED) is 0.589. The molecule has 1 aliphatic carbocycles. The highest BCUT2D eigenvalue weighted by Gasteiger charge is 2.59. The van der Waals surface area contributed by atoms with E-state index in [1.54, 1.807) is 0 Å². The van der Waals surface area contributed by atoms with Crippen LogP contribution in [-0.4, -0.2) is 42.2 Å². The van der Waals surface area contributed by atoms with Crippen LogP contribution in [0, 0.1) is 0 Å². The molecule has 11 heteroatoms. The standard InChI is InChI=1S/C14H11F4N3O3S/c1-25(22,23)11-3-10(20-12(21-11)9-4-14(9,17)18)7-2-8(6-19-5-7)24-13(15)16/h2-3,5-6,9,13H,4H2,1H3. The number of alkyl halides is 4. The molecule has 1 fully saturated rings. The third-order valence-corrected chi connectivity index (χ3v) is 4.44. The van der Waals surface area contributed by atoms with Gasteiger partial charge in [0.1, 0.15) is 11.6 Å². The van der Waals surface area contributed by atoms with Crippen LogP contribution in [0.15, 0.2) is 29.6 Å². The Morgan fingerprint density at radius 2 is 1.92 bits per heavy atom. The molecule has 0 aromatic carbocycles. The molecule has 1 aliphatic rings. The van der Waals surface area contributed by atoms with E-state index in [1.807, 2.05) is 0 Å². The van der Waals surface area contributed by atoms with E-state index in [-0.39, 0.29) is 22.8 Å². The van der Waals surface area contributed by atoms with E-state index in [2.05, 4.69) is 19.7 Å². The maximum atomic E-state index is 13.3. The molecule has 2 aromatic rings. The van der Waals surface area contributed by atoms with Gasteiger partial charge < -0.3 is 4.74 Å². The summed E-state index contributed by atoms with van der Waals surface area (Å²) < 4.78 is 79.0. The Labute approximate surface area is 139 Å². The Morgan fingerprint density at radius 1 is 1.24 bits per heavy atom. The molecule has 0 amide bonds. The lowest BCUT2D eigenvalue weighted by atomic mass is 10.2. The molecule has 3 rings (SSSR count). The van der Waals surface area contributed by atoms with E-state index >= 15 is 0 Å². The van der Waals surface area contributed by atoms with Crippen molar-refractivity contribution in [3.63, 3.8) is 0 Å². The first-order valence-corrected chi connectivity index (χ1v) is 8.82. The molecule has 2 heterocycles. The summed E-state index contributed by atoms with van der Waals surface area (Å²) in [6.07, 6.45) is 2.65. The van der Waals surface area contributed by atoms with Crippen molar-refractivity contribution in [3.8, 4) is 17.0 Å². The second-order valence-corrected chi connectivity index (χ2v) is 7.49. The minimum Gasteiger partial charge on any atom is -0.433 e. The molecule has 0 aliphatic heterocycles. The summed E-state index contributed by atoms with van der Waals surface area (Å²) in [7, 11) is -3.80. The molecule has 0 spiro atoms. The van der Waals surface area contributed by atoms with E-state index in [9.17, 15) is 26.0 Å². The van der Waals surface area contributed by atoms with Gasteiger partial charge in [-0.15, -0.1) is 0 Å². The zero-order valence-corrected chi connectivity index (χ0v) is 13.5. The Hall–Kier alpha value is -2.30. The highest BCUT2D eigenvalue weighted by molar-refractivity contribution is 7.90. The van der Waals surface area contributed by atoms with Gasteiger partial charge >= 0.3 is 6.61 Å². The van der Waals surface area contributed by atoms with E-state index < -0.39 is 39.7 Å². The Balaban J connectivity index is 2.08. The summed E-state index contributed by atoms with van der Waals surface area (Å²) in [5.41, 5.74) is 0.107. The minimum absolute atomic E-state index is 0.0275. The predicted octanol–water partition coefficient (Wildman–Crippen LogP) is 2.67. The molecule has 2 aromatic heterocycles. The normalized spacial score (nSPS) is 19.0. The largest absolute Gasteiger partial charge is 0.433 e. The zero-order chi connectivity index (χ0) is 18.4. The number of hydrogen-bond acceptors (Lipinski definition) is 6. The lowest BCUT2D eigenvalue weighted by molar-refractivity contribution is -0.0500. The van der Waals surface area contributed by atoms with Crippen LogP contribution in [0.5, 0.6) is 5.75 Å². The maximum absolute atomic E-state index is 13.3. The Bertz CT molecular complexity index is 921. The molecule has 1 atom stereocenters. The van der Waals surface area contributed by atoms with Crippen LogP contribution in [0.2, 0.25) is 0 Å². The fourth-order valence-electron chi connectivity index (χ4n) is 2.16. The van der Waals surface area contributed by atoms with Crippen LogP contribution in [0.3, 0.4) is 0 Å². The molecule has 0 radical (unpaired) electrons. The smallest absolute Gasteiger partial charge is 0.387 e. The van der Waals surface area contributed by atoms with Crippen LogP contribution in [0.1, 0.15) is 18.2 Å². The second-order valence-electron chi connectivity index (χ2n) is 5.53. The molecule has 0 bridgehead atoms. The molecule has 0 saturated heterocycles. The van der Waals surface area contributed by atoms with Crippen molar-refractivity contribution in [3.05, 3.63) is 30.4 Å². The number of nitrogens with zero attached hydrogens (tertiary/aromatic N) is 3. The third-order valence-electron chi connectivity index (χ3n) is 3.47. The van der Waals surface area contributed by atoms with Gasteiger partial charge in [-0.1, -0.05) is 0 Å². The zero-order valence-electron chi connectivity index (χ0n) is 12.7. The first-order valence-electron chi connectivity index (χ1n) is 6.93. The second kappa shape index (κ2) is 5.90. The monoisotopic (exact) mass is 377 g/mol. The molecule has 1 saturated carbocycles. The van der Waals surface area contributed by atoms with Gasteiger partial charge in [-0.05, 0) is 6.07 Å². The molecule has 134 valence electrons. The number of hydrogen-bond donors (Lipinski definition) is 0. The highest BCUT2D eigenvalue weighted by Crippen LogP contribution is 2.54. The van der Waals surface area contributed by atoms with Crippen LogP contribution in [0.25, 0.3) is 11.3 Å². The summed E-state index contributed by atoms with van der Waals surface area (Å²) in [5, 5.41) is -0.435. The topological polar surface area (TPSA) is 82.0 Å². The number of halogens is 4. The van der Waals surface area contributed by atoms with Crippen molar-refractivity contribution in [2.45, 2.75) is 29.9 Å².